The van der Waals surface area contributed by atoms with Gasteiger partial charge in [0.2, 0.25) is 0 Å². The Balaban J connectivity index is 2.09. The van der Waals surface area contributed by atoms with Gasteiger partial charge in [-0.2, -0.15) is 11.3 Å². The molecule has 1 N–H and O–H groups in total. The van der Waals surface area contributed by atoms with E-state index in [1.165, 1.54) is 6.20 Å². The van der Waals surface area contributed by atoms with Gasteiger partial charge in [0.1, 0.15) is 0 Å². The molecule has 0 radical (unpaired) electrons. The van der Waals surface area contributed by atoms with Crippen LogP contribution in [-0.4, -0.2) is 21.0 Å². The van der Waals surface area contributed by atoms with E-state index in [1.54, 1.807) is 11.3 Å². The van der Waals surface area contributed by atoms with E-state index in [1.807, 2.05) is 16.8 Å². The molecule has 17 heavy (non-hydrogen) atoms. The lowest BCUT2D eigenvalue weighted by Gasteiger charge is -2.05. The number of hydrogen-bond acceptors (Lipinski definition) is 4. The average Bonchev–Trinajstić information content (AvgIpc) is 3.03. The molecule has 1 aliphatic rings. The maximum atomic E-state index is 11.1. The number of nitrogens with zero attached hydrogens (tertiary/aromatic N) is 2. The molecule has 0 unspecified atom stereocenters. The van der Waals surface area contributed by atoms with Gasteiger partial charge in [-0.15, -0.1) is 0 Å². The Morgan fingerprint density at radius 2 is 2.29 bits per heavy atom. The molecule has 0 aliphatic heterocycles. The summed E-state index contributed by atoms with van der Waals surface area (Å²) < 4.78 is 0. The molecule has 1 aliphatic carbocycles. The summed E-state index contributed by atoms with van der Waals surface area (Å²) in [6.07, 6.45) is 3.48. The van der Waals surface area contributed by atoms with E-state index in [9.17, 15) is 4.79 Å². The molecule has 1 fully saturated rings. The van der Waals surface area contributed by atoms with Crippen LogP contribution in [0.2, 0.25) is 0 Å². The van der Waals surface area contributed by atoms with Crippen LogP contribution in [0, 0.1) is 0 Å². The monoisotopic (exact) mass is 246 g/mol. The first-order valence-electron chi connectivity index (χ1n) is 5.38. The molecular weight excluding hydrogens is 236 g/mol. The molecule has 0 spiro atoms. The lowest BCUT2D eigenvalue weighted by molar-refractivity contribution is 0.0694. The van der Waals surface area contributed by atoms with E-state index in [4.69, 9.17) is 5.11 Å². The number of carboxylic acids is 1. The van der Waals surface area contributed by atoms with Crippen LogP contribution in [-0.2, 0) is 0 Å². The predicted octanol–water partition coefficient (Wildman–Crippen LogP) is 2.78. The Bertz CT molecular complexity index is 562. The zero-order chi connectivity index (χ0) is 11.8. The van der Waals surface area contributed by atoms with Gasteiger partial charge in [0.05, 0.1) is 11.3 Å². The summed E-state index contributed by atoms with van der Waals surface area (Å²) in [7, 11) is 0. The highest BCUT2D eigenvalue weighted by Gasteiger charge is 2.30. The lowest BCUT2D eigenvalue weighted by atomic mass is 10.1. The number of aromatic carboxylic acids is 1. The molecule has 1 saturated carbocycles. The Morgan fingerprint density at radius 3 is 2.88 bits per heavy atom. The van der Waals surface area contributed by atoms with Crippen LogP contribution < -0.4 is 0 Å². The van der Waals surface area contributed by atoms with Gasteiger partial charge in [0.15, 0.2) is 5.82 Å². The lowest BCUT2D eigenvalue weighted by Crippen LogP contribution is -2.06. The largest absolute Gasteiger partial charge is 0.478 e. The molecular formula is C12H10N2O2S. The Kier molecular flexibility index (Phi) is 2.40. The molecule has 2 aromatic rings. The van der Waals surface area contributed by atoms with Crippen LogP contribution >= 0.6 is 11.3 Å². The summed E-state index contributed by atoms with van der Waals surface area (Å²) >= 11 is 1.58. The zero-order valence-electron chi connectivity index (χ0n) is 8.96. The molecule has 4 nitrogen and oxygen atoms in total. The van der Waals surface area contributed by atoms with E-state index in [0.29, 0.717) is 17.4 Å². The number of rotatable bonds is 3. The Hall–Kier alpha value is -1.75. The summed E-state index contributed by atoms with van der Waals surface area (Å²) in [5.41, 5.74) is 1.88. The highest BCUT2D eigenvalue weighted by atomic mass is 32.1. The summed E-state index contributed by atoms with van der Waals surface area (Å²) in [6, 6.07) is 1.94. The summed E-state index contributed by atoms with van der Waals surface area (Å²) in [6.45, 7) is 0. The molecule has 0 aromatic carbocycles. The molecule has 0 atom stereocenters. The fraction of sp³-hybridized carbons (Fsp3) is 0.250. The first-order valence-corrected chi connectivity index (χ1v) is 6.33. The maximum absolute atomic E-state index is 11.1. The van der Waals surface area contributed by atoms with Crippen molar-refractivity contribution in [3.63, 3.8) is 0 Å². The van der Waals surface area contributed by atoms with Crippen molar-refractivity contribution < 1.29 is 9.90 Å². The number of hydrogen-bond donors (Lipinski definition) is 1. The zero-order valence-corrected chi connectivity index (χ0v) is 9.78. The summed E-state index contributed by atoms with van der Waals surface area (Å²) in [5.74, 6) is -0.0107. The van der Waals surface area contributed by atoms with Gasteiger partial charge < -0.3 is 5.11 Å². The molecule has 3 rings (SSSR count). The second-order valence-corrected chi connectivity index (χ2v) is 4.86. The third-order valence-electron chi connectivity index (χ3n) is 2.79. The van der Waals surface area contributed by atoms with Crippen molar-refractivity contribution in [3.05, 3.63) is 34.3 Å². The minimum Gasteiger partial charge on any atom is -0.478 e. The maximum Gasteiger partial charge on any atom is 0.339 e. The van der Waals surface area contributed by atoms with Gasteiger partial charge in [0.25, 0.3) is 0 Å². The minimum atomic E-state index is -0.941. The minimum absolute atomic E-state index is 0.242. The number of aromatic nitrogens is 2. The quantitative estimate of drug-likeness (QED) is 0.904. The highest BCUT2D eigenvalue weighted by Crippen LogP contribution is 2.41. The van der Waals surface area contributed by atoms with Gasteiger partial charge in [-0.1, -0.05) is 0 Å². The van der Waals surface area contributed by atoms with Crippen LogP contribution in [0.15, 0.2) is 23.0 Å². The van der Waals surface area contributed by atoms with Gasteiger partial charge in [-0.05, 0) is 24.3 Å². The SMILES string of the molecule is O=C(O)c1cnc(-c2ccsc2)nc1C1CC1. The van der Waals surface area contributed by atoms with Crippen molar-refractivity contribution in [3.8, 4) is 11.4 Å². The molecule has 2 aromatic heterocycles. The van der Waals surface area contributed by atoms with Crippen LogP contribution in [0.3, 0.4) is 0 Å². The van der Waals surface area contributed by atoms with Crippen molar-refractivity contribution >= 4 is 17.3 Å². The first kappa shape index (κ1) is 10.4. The van der Waals surface area contributed by atoms with Crippen molar-refractivity contribution in [1.82, 2.24) is 9.97 Å². The molecule has 86 valence electrons. The van der Waals surface area contributed by atoms with Crippen molar-refractivity contribution in [1.29, 1.82) is 0 Å². The molecule has 0 bridgehead atoms. The second-order valence-electron chi connectivity index (χ2n) is 4.08. The predicted molar refractivity (Wildman–Crippen MR) is 64.3 cm³/mol. The number of carboxylic acid groups (broad SMARTS) is 1. The van der Waals surface area contributed by atoms with Gasteiger partial charge >= 0.3 is 5.97 Å². The Labute approximate surface area is 102 Å². The number of thiophene rings is 1. The Morgan fingerprint density at radius 1 is 1.47 bits per heavy atom. The molecule has 2 heterocycles. The second kappa shape index (κ2) is 3.92. The normalized spacial score (nSPS) is 14.8. The third-order valence-corrected chi connectivity index (χ3v) is 3.48. The van der Waals surface area contributed by atoms with Gasteiger partial charge in [-0.25, -0.2) is 14.8 Å². The van der Waals surface area contributed by atoms with Crippen LogP contribution in [0.25, 0.3) is 11.4 Å². The fourth-order valence-electron chi connectivity index (χ4n) is 1.76. The van der Waals surface area contributed by atoms with E-state index in [-0.39, 0.29) is 5.56 Å². The van der Waals surface area contributed by atoms with Gasteiger partial charge in [-0.3, -0.25) is 0 Å². The van der Waals surface area contributed by atoms with Crippen LogP contribution in [0.5, 0.6) is 0 Å². The summed E-state index contributed by atoms with van der Waals surface area (Å²) in [4.78, 5) is 19.6. The van der Waals surface area contributed by atoms with E-state index in [2.05, 4.69) is 9.97 Å². The average molecular weight is 246 g/mol. The third kappa shape index (κ3) is 1.93. The summed E-state index contributed by atoms with van der Waals surface area (Å²) in [5, 5.41) is 13.0. The van der Waals surface area contributed by atoms with Crippen LogP contribution in [0.4, 0.5) is 0 Å². The van der Waals surface area contributed by atoms with Crippen molar-refractivity contribution in [2.24, 2.45) is 0 Å². The van der Waals surface area contributed by atoms with E-state index < -0.39 is 5.97 Å². The smallest absolute Gasteiger partial charge is 0.339 e. The number of carbonyl (C=O) groups is 1. The van der Waals surface area contributed by atoms with E-state index >= 15 is 0 Å². The molecule has 0 amide bonds. The van der Waals surface area contributed by atoms with Crippen molar-refractivity contribution in [2.45, 2.75) is 18.8 Å². The molecule has 5 heteroatoms. The standard InChI is InChI=1S/C12H10N2O2S/c15-12(16)9-5-13-11(8-3-4-17-6-8)14-10(9)7-1-2-7/h3-7H,1-2H2,(H,15,16). The fourth-order valence-corrected chi connectivity index (χ4v) is 2.39. The highest BCUT2D eigenvalue weighted by molar-refractivity contribution is 7.08. The van der Waals surface area contributed by atoms with E-state index in [0.717, 1.165) is 18.4 Å². The van der Waals surface area contributed by atoms with Gasteiger partial charge in [0, 0.05) is 23.1 Å². The first-order chi connectivity index (χ1) is 8.25. The van der Waals surface area contributed by atoms with Crippen LogP contribution in [0.1, 0.15) is 34.8 Å². The van der Waals surface area contributed by atoms with Crippen molar-refractivity contribution in [2.75, 3.05) is 0 Å². The topological polar surface area (TPSA) is 63.1 Å². The molecule has 0 saturated heterocycles.